The van der Waals surface area contributed by atoms with Crippen LogP contribution in [0.5, 0.6) is 11.6 Å². The highest BCUT2D eigenvalue weighted by molar-refractivity contribution is 5.95. The zero-order valence-electron chi connectivity index (χ0n) is 21.2. The maximum atomic E-state index is 12.7. The van der Waals surface area contributed by atoms with Gasteiger partial charge in [0.2, 0.25) is 5.88 Å². The average Bonchev–Trinajstić information content (AvgIpc) is 2.94. The molecule has 13 nitrogen and oxygen atoms in total. The third-order valence-electron chi connectivity index (χ3n) is 6.78. The standard InChI is InChI=1S/C25H29N7O6/c1-36-21-10-7-17-24(30-21)31(22(34)13-27-17)12-11-26-15-3-5-16(6-4-15)32(25(35)37-2)19-9-8-18-23(28-19)29-20(33)14-38-18/h7-10,13,15-16,26H,3-6,11-12,14H2,1-2H3,(H,28,29,33). The maximum absolute atomic E-state index is 12.7. The minimum Gasteiger partial charge on any atom is -0.481 e. The molecule has 0 spiro atoms. The number of nitrogens with one attached hydrogen (secondary N) is 2. The number of nitrogens with zero attached hydrogens (tertiary/aromatic N) is 5. The molecule has 5 rings (SSSR count). The highest BCUT2D eigenvalue weighted by atomic mass is 16.5. The Morgan fingerprint density at radius 1 is 1.16 bits per heavy atom. The number of amides is 2. The summed E-state index contributed by atoms with van der Waals surface area (Å²) in [7, 11) is 2.86. The number of fused-ring (bicyclic) bond motifs is 2. The number of methoxy groups -OCH3 is 2. The van der Waals surface area contributed by atoms with Crippen molar-refractivity contribution in [3.8, 4) is 11.6 Å². The second-order valence-electron chi connectivity index (χ2n) is 9.10. The minimum absolute atomic E-state index is 0.0670. The Morgan fingerprint density at radius 2 is 1.97 bits per heavy atom. The summed E-state index contributed by atoms with van der Waals surface area (Å²) in [6.45, 7) is 0.932. The summed E-state index contributed by atoms with van der Waals surface area (Å²) in [5.41, 5.74) is 0.877. The summed E-state index contributed by atoms with van der Waals surface area (Å²) < 4.78 is 17.2. The lowest BCUT2D eigenvalue weighted by atomic mass is 9.90. The lowest BCUT2D eigenvalue weighted by Crippen LogP contribution is -2.46. The molecule has 1 aliphatic carbocycles. The summed E-state index contributed by atoms with van der Waals surface area (Å²) in [4.78, 5) is 51.5. The zero-order chi connectivity index (χ0) is 26.6. The SMILES string of the molecule is COC(=O)N(c1ccc2c(n1)NC(=O)CO2)C1CCC(NCCn2c(=O)cnc3ccc(OC)nc32)CC1. The number of aromatic nitrogens is 4. The van der Waals surface area contributed by atoms with Gasteiger partial charge in [0, 0.05) is 31.2 Å². The van der Waals surface area contributed by atoms with E-state index >= 15 is 0 Å². The number of hydrogen-bond acceptors (Lipinski definition) is 10. The predicted octanol–water partition coefficient (Wildman–Crippen LogP) is 1.70. The van der Waals surface area contributed by atoms with Crippen LogP contribution in [0, 0.1) is 0 Å². The van der Waals surface area contributed by atoms with Crippen LogP contribution in [0.2, 0.25) is 0 Å². The number of rotatable bonds is 7. The second kappa shape index (κ2) is 11.0. The van der Waals surface area contributed by atoms with Crippen LogP contribution >= 0.6 is 0 Å². The number of carbonyl (C=O) groups excluding carboxylic acids is 2. The third kappa shape index (κ3) is 5.23. The molecule has 0 saturated heterocycles. The maximum Gasteiger partial charge on any atom is 0.415 e. The molecule has 38 heavy (non-hydrogen) atoms. The van der Waals surface area contributed by atoms with E-state index in [1.807, 2.05) is 0 Å². The molecular weight excluding hydrogens is 494 g/mol. The van der Waals surface area contributed by atoms with Gasteiger partial charge in [-0.15, -0.1) is 0 Å². The summed E-state index contributed by atoms with van der Waals surface area (Å²) in [6, 6.07) is 6.97. The molecule has 0 atom stereocenters. The Labute approximate surface area is 218 Å². The van der Waals surface area contributed by atoms with E-state index in [1.54, 1.807) is 33.7 Å². The van der Waals surface area contributed by atoms with Gasteiger partial charge in [0.25, 0.3) is 11.5 Å². The molecule has 0 unspecified atom stereocenters. The van der Waals surface area contributed by atoms with Crippen molar-refractivity contribution in [3.05, 3.63) is 40.8 Å². The average molecular weight is 524 g/mol. The van der Waals surface area contributed by atoms with Gasteiger partial charge in [0.15, 0.2) is 23.8 Å². The van der Waals surface area contributed by atoms with Crippen molar-refractivity contribution in [1.29, 1.82) is 0 Å². The molecule has 0 bridgehead atoms. The van der Waals surface area contributed by atoms with E-state index in [4.69, 9.17) is 14.2 Å². The van der Waals surface area contributed by atoms with Gasteiger partial charge in [-0.3, -0.25) is 19.1 Å². The summed E-state index contributed by atoms with van der Waals surface area (Å²) in [5, 5.41) is 6.20. The van der Waals surface area contributed by atoms with Crippen molar-refractivity contribution in [2.45, 2.75) is 44.3 Å². The largest absolute Gasteiger partial charge is 0.481 e. The van der Waals surface area contributed by atoms with Crippen LogP contribution in [-0.2, 0) is 16.1 Å². The fourth-order valence-electron chi connectivity index (χ4n) is 4.89. The van der Waals surface area contributed by atoms with Crippen molar-refractivity contribution in [2.24, 2.45) is 0 Å². The summed E-state index contributed by atoms with van der Waals surface area (Å²) >= 11 is 0. The van der Waals surface area contributed by atoms with Gasteiger partial charge in [-0.05, 0) is 43.9 Å². The quantitative estimate of drug-likeness (QED) is 0.468. The van der Waals surface area contributed by atoms with Crippen LogP contribution in [-0.4, -0.2) is 71.0 Å². The Hall–Kier alpha value is -4.26. The van der Waals surface area contributed by atoms with E-state index in [9.17, 15) is 14.4 Å². The molecule has 3 aromatic rings. The van der Waals surface area contributed by atoms with Gasteiger partial charge in [-0.2, -0.15) is 4.98 Å². The monoisotopic (exact) mass is 523 g/mol. The lowest BCUT2D eigenvalue weighted by molar-refractivity contribution is -0.118. The number of pyridine rings is 2. The molecule has 1 fully saturated rings. The molecule has 13 heteroatoms. The molecule has 1 aliphatic heterocycles. The first kappa shape index (κ1) is 25.4. The second-order valence-corrected chi connectivity index (χ2v) is 9.10. The number of carbonyl (C=O) groups is 2. The molecule has 2 aliphatic rings. The zero-order valence-corrected chi connectivity index (χ0v) is 21.2. The van der Waals surface area contributed by atoms with Gasteiger partial charge < -0.3 is 24.8 Å². The molecule has 0 radical (unpaired) electrons. The highest BCUT2D eigenvalue weighted by Crippen LogP contribution is 2.32. The van der Waals surface area contributed by atoms with E-state index < -0.39 is 6.09 Å². The van der Waals surface area contributed by atoms with Crippen LogP contribution in [0.4, 0.5) is 16.4 Å². The molecule has 2 N–H and O–H groups in total. The van der Waals surface area contributed by atoms with Crippen LogP contribution in [0.25, 0.3) is 11.2 Å². The topological polar surface area (TPSA) is 150 Å². The Kier molecular flexibility index (Phi) is 7.36. The van der Waals surface area contributed by atoms with Gasteiger partial charge in [-0.1, -0.05) is 0 Å². The third-order valence-corrected chi connectivity index (χ3v) is 6.78. The first-order valence-corrected chi connectivity index (χ1v) is 12.4. The minimum atomic E-state index is -0.510. The van der Waals surface area contributed by atoms with Crippen molar-refractivity contribution in [2.75, 3.05) is 37.6 Å². The van der Waals surface area contributed by atoms with Crippen LogP contribution in [0.1, 0.15) is 25.7 Å². The first-order valence-electron chi connectivity index (χ1n) is 12.4. The lowest BCUT2D eigenvalue weighted by Gasteiger charge is -2.36. The molecular formula is C25H29N7O6. The van der Waals surface area contributed by atoms with E-state index in [0.29, 0.717) is 41.7 Å². The van der Waals surface area contributed by atoms with E-state index in [0.717, 1.165) is 25.7 Å². The Balaban J connectivity index is 1.22. The Morgan fingerprint density at radius 3 is 2.74 bits per heavy atom. The summed E-state index contributed by atoms with van der Waals surface area (Å²) in [6.07, 6.45) is 3.89. The fraction of sp³-hybridized carbons (Fsp3) is 0.440. The molecule has 200 valence electrons. The Bertz CT molecular complexity index is 1400. The van der Waals surface area contributed by atoms with Gasteiger partial charge in [0.1, 0.15) is 11.3 Å². The molecule has 3 aromatic heterocycles. The van der Waals surface area contributed by atoms with Crippen molar-refractivity contribution in [1.82, 2.24) is 24.8 Å². The van der Waals surface area contributed by atoms with Gasteiger partial charge >= 0.3 is 6.09 Å². The van der Waals surface area contributed by atoms with Crippen molar-refractivity contribution in [3.63, 3.8) is 0 Å². The molecule has 1 saturated carbocycles. The number of ether oxygens (including phenoxy) is 3. The number of hydrogen-bond donors (Lipinski definition) is 2. The van der Waals surface area contributed by atoms with E-state index in [-0.39, 0.29) is 36.0 Å². The normalized spacial score (nSPS) is 18.7. The number of anilines is 2. The van der Waals surface area contributed by atoms with Gasteiger partial charge in [-0.25, -0.2) is 14.8 Å². The van der Waals surface area contributed by atoms with E-state index in [2.05, 4.69) is 25.6 Å². The molecule has 2 amide bonds. The molecule has 0 aromatic carbocycles. The van der Waals surface area contributed by atoms with E-state index in [1.165, 1.54) is 20.4 Å². The fourth-order valence-corrected chi connectivity index (χ4v) is 4.89. The van der Waals surface area contributed by atoms with Crippen LogP contribution in [0.15, 0.2) is 35.3 Å². The van der Waals surface area contributed by atoms with Gasteiger partial charge in [0.05, 0.1) is 20.4 Å². The highest BCUT2D eigenvalue weighted by Gasteiger charge is 2.32. The smallest absolute Gasteiger partial charge is 0.415 e. The van der Waals surface area contributed by atoms with Crippen LogP contribution < -0.4 is 30.6 Å². The van der Waals surface area contributed by atoms with Crippen LogP contribution in [0.3, 0.4) is 0 Å². The van der Waals surface area contributed by atoms with Crippen molar-refractivity contribution < 1.29 is 23.8 Å². The van der Waals surface area contributed by atoms with Crippen molar-refractivity contribution >= 4 is 34.8 Å². The summed E-state index contributed by atoms with van der Waals surface area (Å²) in [5.74, 6) is 1.26. The first-order chi connectivity index (χ1) is 18.5. The predicted molar refractivity (Wildman–Crippen MR) is 138 cm³/mol. The molecule has 4 heterocycles.